The molecule has 0 atom stereocenters. The lowest BCUT2D eigenvalue weighted by Crippen LogP contribution is -2.14. The molecule has 20 heavy (non-hydrogen) atoms. The third kappa shape index (κ3) is 2.89. The molecular formula is C12H7ClFN3O3. The van der Waals surface area contributed by atoms with Crippen LogP contribution in [0.2, 0.25) is 5.02 Å². The van der Waals surface area contributed by atoms with Crippen LogP contribution in [0.4, 0.5) is 15.8 Å². The first-order valence-corrected chi connectivity index (χ1v) is 5.71. The Balaban J connectivity index is 2.32. The summed E-state index contributed by atoms with van der Waals surface area (Å²) in [5.41, 5.74) is -0.487. The van der Waals surface area contributed by atoms with Crippen molar-refractivity contribution in [2.75, 3.05) is 5.32 Å². The van der Waals surface area contributed by atoms with Crippen molar-refractivity contribution in [2.24, 2.45) is 0 Å². The molecule has 0 fully saturated rings. The van der Waals surface area contributed by atoms with Crippen LogP contribution in [0.15, 0.2) is 36.7 Å². The highest BCUT2D eigenvalue weighted by Crippen LogP contribution is 2.23. The van der Waals surface area contributed by atoms with E-state index in [0.717, 1.165) is 12.3 Å². The molecule has 1 aromatic heterocycles. The van der Waals surface area contributed by atoms with Gasteiger partial charge < -0.3 is 5.32 Å². The van der Waals surface area contributed by atoms with Gasteiger partial charge in [0.05, 0.1) is 27.4 Å². The van der Waals surface area contributed by atoms with E-state index in [1.54, 1.807) is 0 Å². The average molecular weight is 296 g/mol. The fourth-order valence-electron chi connectivity index (χ4n) is 1.47. The molecule has 0 aliphatic carbocycles. The molecule has 1 N–H and O–H groups in total. The number of nitrogens with one attached hydrogen (secondary N) is 1. The lowest BCUT2D eigenvalue weighted by Gasteiger charge is -2.07. The maximum absolute atomic E-state index is 13.4. The molecule has 2 rings (SSSR count). The molecule has 6 nitrogen and oxygen atoms in total. The van der Waals surface area contributed by atoms with E-state index in [-0.39, 0.29) is 22.0 Å². The van der Waals surface area contributed by atoms with Crippen molar-refractivity contribution in [3.63, 3.8) is 0 Å². The molecule has 0 spiro atoms. The monoisotopic (exact) mass is 295 g/mol. The summed E-state index contributed by atoms with van der Waals surface area (Å²) >= 11 is 5.81. The van der Waals surface area contributed by atoms with E-state index >= 15 is 0 Å². The van der Waals surface area contributed by atoms with Gasteiger partial charge in [0.2, 0.25) is 0 Å². The predicted molar refractivity (Wildman–Crippen MR) is 70.3 cm³/mol. The summed E-state index contributed by atoms with van der Waals surface area (Å²) in [7, 11) is 0. The lowest BCUT2D eigenvalue weighted by molar-refractivity contribution is -0.384. The number of amides is 1. The third-order valence-corrected chi connectivity index (χ3v) is 2.76. The SMILES string of the molecule is O=C(Nc1ccncc1F)c1cc([N+](=O)[O-])ccc1Cl. The summed E-state index contributed by atoms with van der Waals surface area (Å²) in [5, 5.41) is 13.0. The number of benzene rings is 1. The zero-order valence-corrected chi connectivity index (χ0v) is 10.6. The molecule has 0 unspecified atom stereocenters. The zero-order valence-electron chi connectivity index (χ0n) is 9.84. The number of nitro groups is 1. The zero-order chi connectivity index (χ0) is 14.7. The maximum atomic E-state index is 13.4. The molecule has 8 heteroatoms. The van der Waals surface area contributed by atoms with Crippen molar-refractivity contribution < 1.29 is 14.1 Å². The van der Waals surface area contributed by atoms with Gasteiger partial charge in [0.1, 0.15) is 0 Å². The van der Waals surface area contributed by atoms with Gasteiger partial charge in [-0.25, -0.2) is 4.39 Å². The summed E-state index contributed by atoms with van der Waals surface area (Å²) in [6.45, 7) is 0. The van der Waals surface area contributed by atoms with Crippen LogP contribution < -0.4 is 5.32 Å². The second-order valence-corrected chi connectivity index (χ2v) is 4.14. The lowest BCUT2D eigenvalue weighted by atomic mass is 10.2. The molecular weight excluding hydrogens is 289 g/mol. The largest absolute Gasteiger partial charge is 0.319 e. The van der Waals surface area contributed by atoms with Gasteiger partial charge in [0.25, 0.3) is 11.6 Å². The Labute approximate surface area is 117 Å². The van der Waals surface area contributed by atoms with E-state index < -0.39 is 16.6 Å². The van der Waals surface area contributed by atoms with Crippen LogP contribution in [-0.4, -0.2) is 15.8 Å². The van der Waals surface area contributed by atoms with Gasteiger partial charge in [-0.05, 0) is 12.1 Å². The Morgan fingerprint density at radius 2 is 2.15 bits per heavy atom. The van der Waals surface area contributed by atoms with E-state index in [1.165, 1.54) is 24.4 Å². The van der Waals surface area contributed by atoms with Crippen molar-refractivity contribution in [1.29, 1.82) is 0 Å². The standard InChI is InChI=1S/C12H7ClFN3O3/c13-9-2-1-7(17(19)20)5-8(9)12(18)16-11-3-4-15-6-10(11)14/h1-6H,(H,15,16,18). The van der Waals surface area contributed by atoms with E-state index in [0.29, 0.717) is 0 Å². The highest BCUT2D eigenvalue weighted by Gasteiger charge is 2.17. The van der Waals surface area contributed by atoms with Crippen molar-refractivity contribution in [3.05, 3.63) is 63.2 Å². The number of anilines is 1. The van der Waals surface area contributed by atoms with Gasteiger partial charge in [0, 0.05) is 18.3 Å². The minimum absolute atomic E-state index is 0.0302. The number of nitrogens with zero attached hydrogens (tertiary/aromatic N) is 2. The number of hydrogen-bond acceptors (Lipinski definition) is 4. The number of rotatable bonds is 3. The molecule has 0 radical (unpaired) electrons. The van der Waals surface area contributed by atoms with Crippen LogP contribution in [0.3, 0.4) is 0 Å². The molecule has 0 aliphatic rings. The smallest absolute Gasteiger partial charge is 0.270 e. The predicted octanol–water partition coefficient (Wildman–Crippen LogP) is 3.03. The van der Waals surface area contributed by atoms with Crippen LogP contribution >= 0.6 is 11.6 Å². The second kappa shape index (κ2) is 5.62. The fourth-order valence-corrected chi connectivity index (χ4v) is 1.67. The number of carbonyl (C=O) groups excluding carboxylic acids is 1. The molecule has 1 amide bonds. The molecule has 1 aromatic carbocycles. The third-order valence-electron chi connectivity index (χ3n) is 2.43. The van der Waals surface area contributed by atoms with Gasteiger partial charge in [-0.2, -0.15) is 0 Å². The van der Waals surface area contributed by atoms with Crippen molar-refractivity contribution in [1.82, 2.24) is 4.98 Å². The second-order valence-electron chi connectivity index (χ2n) is 3.73. The van der Waals surface area contributed by atoms with Crippen molar-refractivity contribution >= 4 is 28.9 Å². The molecule has 0 bridgehead atoms. The molecule has 0 saturated heterocycles. The first kappa shape index (κ1) is 13.9. The minimum atomic E-state index is -0.746. The number of aromatic nitrogens is 1. The van der Waals surface area contributed by atoms with Gasteiger partial charge in [-0.3, -0.25) is 19.9 Å². The minimum Gasteiger partial charge on any atom is -0.319 e. The number of halogens is 2. The summed E-state index contributed by atoms with van der Waals surface area (Å²) in [6.07, 6.45) is 2.23. The Kier molecular flexibility index (Phi) is 3.90. The normalized spacial score (nSPS) is 10.1. The molecule has 102 valence electrons. The Bertz CT molecular complexity index is 693. The highest BCUT2D eigenvalue weighted by atomic mass is 35.5. The van der Waals surface area contributed by atoms with E-state index in [2.05, 4.69) is 10.3 Å². The number of non-ortho nitro benzene ring substituents is 1. The first-order valence-electron chi connectivity index (χ1n) is 5.34. The van der Waals surface area contributed by atoms with Gasteiger partial charge >= 0.3 is 0 Å². The van der Waals surface area contributed by atoms with E-state index in [1.807, 2.05) is 0 Å². The van der Waals surface area contributed by atoms with Crippen molar-refractivity contribution in [2.45, 2.75) is 0 Å². The maximum Gasteiger partial charge on any atom is 0.270 e. The van der Waals surface area contributed by atoms with Gasteiger partial charge in [-0.15, -0.1) is 0 Å². The summed E-state index contributed by atoms with van der Waals surface area (Å²) in [6, 6.07) is 4.69. The number of pyridine rings is 1. The van der Waals surface area contributed by atoms with Crippen LogP contribution in [0.5, 0.6) is 0 Å². The summed E-state index contributed by atoms with van der Waals surface area (Å²) < 4.78 is 13.4. The fraction of sp³-hybridized carbons (Fsp3) is 0. The van der Waals surface area contributed by atoms with Crippen LogP contribution in [0.25, 0.3) is 0 Å². The van der Waals surface area contributed by atoms with Crippen LogP contribution in [0.1, 0.15) is 10.4 Å². The van der Waals surface area contributed by atoms with Gasteiger partial charge in [-0.1, -0.05) is 11.6 Å². The van der Waals surface area contributed by atoms with E-state index in [4.69, 9.17) is 11.6 Å². The average Bonchev–Trinajstić information content (AvgIpc) is 2.41. The number of carbonyl (C=O) groups is 1. The first-order chi connectivity index (χ1) is 9.49. The summed E-state index contributed by atoms with van der Waals surface area (Å²) in [5.74, 6) is -1.47. The quantitative estimate of drug-likeness (QED) is 0.696. The Morgan fingerprint density at radius 1 is 1.40 bits per heavy atom. The summed E-state index contributed by atoms with van der Waals surface area (Å²) in [4.78, 5) is 25.5. The molecule has 0 aliphatic heterocycles. The number of hydrogen-bond donors (Lipinski definition) is 1. The van der Waals surface area contributed by atoms with Crippen molar-refractivity contribution in [3.8, 4) is 0 Å². The number of nitro benzene ring substituents is 1. The topological polar surface area (TPSA) is 85.1 Å². The van der Waals surface area contributed by atoms with Crippen LogP contribution in [-0.2, 0) is 0 Å². The molecule has 0 saturated carbocycles. The molecule has 2 aromatic rings. The van der Waals surface area contributed by atoms with Crippen LogP contribution in [0, 0.1) is 15.9 Å². The molecule has 1 heterocycles. The Hall–Kier alpha value is -2.54. The van der Waals surface area contributed by atoms with Gasteiger partial charge in [0.15, 0.2) is 5.82 Å². The highest BCUT2D eigenvalue weighted by molar-refractivity contribution is 6.34. The van der Waals surface area contributed by atoms with E-state index in [9.17, 15) is 19.3 Å². The Morgan fingerprint density at radius 3 is 2.80 bits per heavy atom.